The molecule has 0 radical (unpaired) electrons. The maximum atomic E-state index is 14.1. The number of hydrogen-bond acceptors (Lipinski definition) is 6. The van der Waals surface area contributed by atoms with Crippen molar-refractivity contribution in [1.29, 1.82) is 0 Å². The number of aromatic nitrogens is 3. The minimum Gasteiger partial charge on any atom is -0.423 e. The van der Waals surface area contributed by atoms with Gasteiger partial charge in [-0.25, -0.2) is 9.18 Å². The summed E-state index contributed by atoms with van der Waals surface area (Å²) >= 11 is 0. The van der Waals surface area contributed by atoms with Crippen molar-refractivity contribution in [2.45, 2.75) is 45.4 Å². The lowest BCUT2D eigenvalue weighted by Crippen LogP contribution is -2.27. The highest BCUT2D eigenvalue weighted by atomic mass is 19.1. The number of halogens is 1. The molecule has 7 nitrogen and oxygen atoms in total. The second kappa shape index (κ2) is 11.0. The summed E-state index contributed by atoms with van der Waals surface area (Å²) in [5.41, 5.74) is 1.75. The first-order valence-electron chi connectivity index (χ1n) is 10.1. The van der Waals surface area contributed by atoms with Gasteiger partial charge in [0.1, 0.15) is 11.6 Å². The predicted octanol–water partition coefficient (Wildman–Crippen LogP) is 5.39. The normalized spacial score (nSPS) is 10.7. The summed E-state index contributed by atoms with van der Waals surface area (Å²) in [5.74, 6) is -0.0886. The van der Waals surface area contributed by atoms with Crippen LogP contribution in [0.25, 0.3) is 22.6 Å². The van der Waals surface area contributed by atoms with Crippen LogP contribution in [0.5, 0.6) is 5.75 Å². The summed E-state index contributed by atoms with van der Waals surface area (Å²) in [6, 6.07) is 5.85. The smallest absolute Gasteiger partial charge is 0.412 e. The van der Waals surface area contributed by atoms with Crippen molar-refractivity contribution in [3.8, 4) is 28.3 Å². The van der Waals surface area contributed by atoms with Crippen molar-refractivity contribution in [2.75, 3.05) is 6.54 Å². The Balaban J connectivity index is 1.59. The van der Waals surface area contributed by atoms with Gasteiger partial charge in [-0.2, -0.15) is 0 Å². The molecule has 0 bridgehead atoms. The second-order valence-corrected chi connectivity index (χ2v) is 6.97. The molecule has 2 heterocycles. The molecule has 0 saturated heterocycles. The molecule has 0 fully saturated rings. The number of carbonyl (C=O) groups excluding carboxylic acids is 1. The maximum Gasteiger partial charge on any atom is 0.412 e. The average Bonchev–Trinajstić information content (AvgIpc) is 3.28. The number of unbranched alkanes of at least 4 members (excludes halogenated alkanes) is 5. The van der Waals surface area contributed by atoms with Gasteiger partial charge in [0.15, 0.2) is 0 Å². The summed E-state index contributed by atoms with van der Waals surface area (Å²) in [4.78, 5) is 16.2. The Morgan fingerprint density at radius 1 is 1.03 bits per heavy atom. The van der Waals surface area contributed by atoms with Gasteiger partial charge >= 0.3 is 6.09 Å². The first-order valence-corrected chi connectivity index (χ1v) is 10.1. The molecule has 8 heteroatoms. The quantitative estimate of drug-likeness (QED) is 0.449. The van der Waals surface area contributed by atoms with Crippen molar-refractivity contribution in [1.82, 2.24) is 20.5 Å². The van der Waals surface area contributed by atoms with Crippen molar-refractivity contribution < 1.29 is 18.3 Å². The third-order valence-corrected chi connectivity index (χ3v) is 4.56. The summed E-state index contributed by atoms with van der Waals surface area (Å²) in [7, 11) is 0. The van der Waals surface area contributed by atoms with E-state index in [1.54, 1.807) is 24.5 Å². The molecule has 0 atom stereocenters. The molecule has 0 aliphatic heterocycles. The second-order valence-electron chi connectivity index (χ2n) is 6.97. The van der Waals surface area contributed by atoms with Gasteiger partial charge in [0.25, 0.3) is 0 Å². The summed E-state index contributed by atoms with van der Waals surface area (Å²) in [6.45, 7) is 2.71. The Kier molecular flexibility index (Phi) is 7.88. The minimum absolute atomic E-state index is 0.119. The predicted molar refractivity (Wildman–Crippen MR) is 110 cm³/mol. The fourth-order valence-electron chi connectivity index (χ4n) is 3.04. The van der Waals surface area contributed by atoms with Crippen LogP contribution in [0.3, 0.4) is 0 Å². The van der Waals surface area contributed by atoms with Gasteiger partial charge in [-0.15, -0.1) is 10.2 Å². The molecule has 0 aliphatic carbocycles. The molecular weight excluding hydrogens is 387 g/mol. The van der Waals surface area contributed by atoms with Gasteiger partial charge in [0.05, 0.1) is 5.56 Å². The van der Waals surface area contributed by atoms with E-state index in [4.69, 9.17) is 9.15 Å². The van der Waals surface area contributed by atoms with Crippen LogP contribution in [-0.2, 0) is 0 Å². The highest BCUT2D eigenvalue weighted by Crippen LogP contribution is 2.28. The standard InChI is InChI=1S/C22H25FN4O3/c1-2-3-4-5-6-7-8-25-22(28)30-20-11-16(10-19(23)12-20)17-9-18(14-24-13-17)21-27-26-15-29-21/h9-15H,2-8H2,1H3,(H,25,28). The molecule has 1 aromatic carbocycles. The number of carbonyl (C=O) groups is 1. The van der Waals surface area contributed by atoms with Crippen LogP contribution in [0.2, 0.25) is 0 Å². The summed E-state index contributed by atoms with van der Waals surface area (Å²) < 4.78 is 24.5. The SMILES string of the molecule is CCCCCCCCNC(=O)Oc1cc(F)cc(-c2cncc(-c3nnco3)c2)c1. The number of amides is 1. The molecular formula is C22H25FN4O3. The molecule has 0 aliphatic rings. The van der Waals surface area contributed by atoms with Gasteiger partial charge in [-0.05, 0) is 30.2 Å². The Hall–Kier alpha value is -3.29. The van der Waals surface area contributed by atoms with Crippen LogP contribution in [0.4, 0.5) is 9.18 Å². The minimum atomic E-state index is -0.599. The average molecular weight is 412 g/mol. The summed E-state index contributed by atoms with van der Waals surface area (Å²) in [5, 5.41) is 10.2. The van der Waals surface area contributed by atoms with Crippen LogP contribution in [0.1, 0.15) is 45.4 Å². The van der Waals surface area contributed by atoms with Crippen molar-refractivity contribution in [2.24, 2.45) is 0 Å². The molecule has 30 heavy (non-hydrogen) atoms. The van der Waals surface area contributed by atoms with E-state index in [9.17, 15) is 9.18 Å². The van der Waals surface area contributed by atoms with Crippen LogP contribution in [0, 0.1) is 5.82 Å². The number of nitrogens with zero attached hydrogens (tertiary/aromatic N) is 3. The van der Waals surface area contributed by atoms with E-state index in [1.165, 1.54) is 37.8 Å². The lowest BCUT2D eigenvalue weighted by molar-refractivity contribution is 0.200. The summed E-state index contributed by atoms with van der Waals surface area (Å²) in [6.07, 6.45) is 10.6. The number of rotatable bonds is 10. The zero-order valence-electron chi connectivity index (χ0n) is 16.9. The van der Waals surface area contributed by atoms with E-state index < -0.39 is 11.9 Å². The highest BCUT2D eigenvalue weighted by molar-refractivity contribution is 5.73. The lowest BCUT2D eigenvalue weighted by atomic mass is 10.1. The van der Waals surface area contributed by atoms with Gasteiger partial charge < -0.3 is 14.5 Å². The monoisotopic (exact) mass is 412 g/mol. The molecule has 158 valence electrons. The van der Waals surface area contributed by atoms with Gasteiger partial charge in [0, 0.05) is 30.6 Å². The topological polar surface area (TPSA) is 90.1 Å². The van der Waals surface area contributed by atoms with E-state index in [0.717, 1.165) is 19.3 Å². The molecule has 0 unspecified atom stereocenters. The lowest BCUT2D eigenvalue weighted by Gasteiger charge is -2.09. The molecule has 1 N–H and O–H groups in total. The van der Waals surface area contributed by atoms with Crippen LogP contribution < -0.4 is 10.1 Å². The van der Waals surface area contributed by atoms with E-state index >= 15 is 0 Å². The first-order chi connectivity index (χ1) is 14.7. The van der Waals surface area contributed by atoms with E-state index in [2.05, 4.69) is 27.4 Å². The molecule has 3 aromatic rings. The Morgan fingerprint density at radius 3 is 2.63 bits per heavy atom. The van der Waals surface area contributed by atoms with Crippen LogP contribution in [-0.4, -0.2) is 27.8 Å². The van der Waals surface area contributed by atoms with Crippen LogP contribution in [0.15, 0.2) is 47.5 Å². The third-order valence-electron chi connectivity index (χ3n) is 4.56. The van der Waals surface area contributed by atoms with E-state index in [1.807, 2.05) is 0 Å². The van der Waals surface area contributed by atoms with E-state index in [-0.39, 0.29) is 5.75 Å². The zero-order valence-corrected chi connectivity index (χ0v) is 16.9. The molecule has 0 saturated carbocycles. The fraction of sp³-hybridized carbons (Fsp3) is 0.364. The third kappa shape index (κ3) is 6.37. The number of hydrogen-bond donors (Lipinski definition) is 1. The van der Waals surface area contributed by atoms with Crippen molar-refractivity contribution >= 4 is 6.09 Å². The Labute approximate surface area is 174 Å². The largest absolute Gasteiger partial charge is 0.423 e. The Bertz CT molecular complexity index is 947. The van der Waals surface area contributed by atoms with Gasteiger partial charge in [-0.1, -0.05) is 39.0 Å². The van der Waals surface area contributed by atoms with Crippen molar-refractivity contribution in [3.05, 3.63) is 48.9 Å². The maximum absolute atomic E-state index is 14.1. The first kappa shape index (κ1) is 21.4. The zero-order chi connectivity index (χ0) is 21.2. The number of nitrogens with one attached hydrogen (secondary N) is 1. The molecule has 0 spiro atoms. The van der Waals surface area contributed by atoms with Gasteiger partial charge in [-0.3, -0.25) is 4.98 Å². The molecule has 2 aromatic heterocycles. The number of benzene rings is 1. The molecule has 1 amide bonds. The highest BCUT2D eigenvalue weighted by Gasteiger charge is 2.11. The molecule has 3 rings (SSSR count). The number of pyridine rings is 1. The Morgan fingerprint density at radius 2 is 1.83 bits per heavy atom. The van der Waals surface area contributed by atoms with Gasteiger partial charge in [0.2, 0.25) is 12.3 Å². The van der Waals surface area contributed by atoms with Crippen molar-refractivity contribution in [3.63, 3.8) is 0 Å². The number of ether oxygens (including phenoxy) is 1. The fourth-order valence-corrected chi connectivity index (χ4v) is 3.04. The van der Waals surface area contributed by atoms with Crippen LogP contribution >= 0.6 is 0 Å². The van der Waals surface area contributed by atoms with E-state index in [0.29, 0.717) is 29.1 Å².